The summed E-state index contributed by atoms with van der Waals surface area (Å²) in [6.45, 7) is 3.89. The molecule has 1 aromatic carbocycles. The molecule has 0 spiro atoms. The highest BCUT2D eigenvalue weighted by molar-refractivity contribution is 5.21. The van der Waals surface area contributed by atoms with Crippen molar-refractivity contribution in [2.24, 2.45) is 0 Å². The van der Waals surface area contributed by atoms with Crippen molar-refractivity contribution >= 4 is 0 Å². The van der Waals surface area contributed by atoms with Crippen molar-refractivity contribution in [2.45, 2.75) is 25.9 Å². The second-order valence-electron chi connectivity index (χ2n) is 4.54. The summed E-state index contributed by atoms with van der Waals surface area (Å²) in [6.07, 6.45) is 1.73. The van der Waals surface area contributed by atoms with Gasteiger partial charge in [0.05, 0.1) is 5.69 Å². The van der Waals surface area contributed by atoms with Crippen LogP contribution in [0.3, 0.4) is 0 Å². The molecular formula is C15H16F2N2. The van der Waals surface area contributed by atoms with Gasteiger partial charge in [-0.3, -0.25) is 4.98 Å². The van der Waals surface area contributed by atoms with Gasteiger partial charge in [-0.15, -0.1) is 0 Å². The highest BCUT2D eigenvalue weighted by Gasteiger charge is 2.13. The van der Waals surface area contributed by atoms with E-state index in [4.69, 9.17) is 0 Å². The largest absolute Gasteiger partial charge is 0.302 e. The molecule has 2 nitrogen and oxygen atoms in total. The molecule has 0 aliphatic carbocycles. The number of benzene rings is 1. The monoisotopic (exact) mass is 262 g/mol. The van der Waals surface area contributed by atoms with Crippen LogP contribution < -0.4 is 5.32 Å². The standard InChI is InChI=1S/C15H16F2N2/c1-10(12-6-7-13(16)14(17)9-12)19-11(2)15-5-3-4-8-18-15/h3-11,19H,1-2H3/t10?,11-/m1/s1. The first-order valence-corrected chi connectivity index (χ1v) is 6.20. The SMILES string of the molecule is CC(N[C@H](C)c1ccccn1)c1ccc(F)c(F)c1. The summed E-state index contributed by atoms with van der Waals surface area (Å²) in [5.74, 6) is -1.65. The Morgan fingerprint density at radius 2 is 1.79 bits per heavy atom. The van der Waals surface area contributed by atoms with E-state index in [0.29, 0.717) is 5.56 Å². The lowest BCUT2D eigenvalue weighted by molar-refractivity contribution is 0.474. The zero-order valence-electron chi connectivity index (χ0n) is 10.9. The second-order valence-corrected chi connectivity index (χ2v) is 4.54. The minimum absolute atomic E-state index is 0.0318. The maximum Gasteiger partial charge on any atom is 0.159 e. The van der Waals surface area contributed by atoms with E-state index in [9.17, 15) is 8.78 Å². The van der Waals surface area contributed by atoms with Crippen molar-refractivity contribution in [1.29, 1.82) is 0 Å². The second kappa shape index (κ2) is 5.89. The predicted octanol–water partition coefficient (Wildman–Crippen LogP) is 3.77. The van der Waals surface area contributed by atoms with Crippen LogP contribution in [0.25, 0.3) is 0 Å². The van der Waals surface area contributed by atoms with Gasteiger partial charge < -0.3 is 5.32 Å². The van der Waals surface area contributed by atoms with Crippen molar-refractivity contribution in [3.63, 3.8) is 0 Å². The zero-order valence-corrected chi connectivity index (χ0v) is 10.9. The van der Waals surface area contributed by atoms with Crippen LogP contribution in [0.5, 0.6) is 0 Å². The van der Waals surface area contributed by atoms with Crippen LogP contribution >= 0.6 is 0 Å². The highest BCUT2D eigenvalue weighted by atomic mass is 19.2. The molecule has 0 fully saturated rings. The Hall–Kier alpha value is -1.81. The molecule has 0 amide bonds. The van der Waals surface area contributed by atoms with Gasteiger partial charge in [-0.2, -0.15) is 0 Å². The molecule has 100 valence electrons. The van der Waals surface area contributed by atoms with Gasteiger partial charge in [0.1, 0.15) is 0 Å². The third-order valence-electron chi connectivity index (χ3n) is 3.08. The van der Waals surface area contributed by atoms with Crippen molar-refractivity contribution in [2.75, 3.05) is 0 Å². The number of nitrogens with zero attached hydrogens (tertiary/aromatic N) is 1. The average molecular weight is 262 g/mol. The molecule has 4 heteroatoms. The minimum Gasteiger partial charge on any atom is -0.302 e. The summed E-state index contributed by atoms with van der Waals surface area (Å²) in [4.78, 5) is 4.26. The number of aromatic nitrogens is 1. The van der Waals surface area contributed by atoms with E-state index in [-0.39, 0.29) is 12.1 Å². The summed E-state index contributed by atoms with van der Waals surface area (Å²) in [6, 6.07) is 9.59. The van der Waals surface area contributed by atoms with Crippen LogP contribution in [0.4, 0.5) is 8.78 Å². The third-order valence-corrected chi connectivity index (χ3v) is 3.08. The van der Waals surface area contributed by atoms with Crippen LogP contribution in [0.2, 0.25) is 0 Å². The molecule has 1 heterocycles. The molecule has 0 aliphatic heterocycles. The molecule has 2 aromatic rings. The van der Waals surface area contributed by atoms with E-state index in [1.165, 1.54) is 6.07 Å². The fourth-order valence-electron chi connectivity index (χ4n) is 1.97. The number of hydrogen-bond acceptors (Lipinski definition) is 2. The van der Waals surface area contributed by atoms with Gasteiger partial charge >= 0.3 is 0 Å². The third kappa shape index (κ3) is 3.35. The van der Waals surface area contributed by atoms with E-state index in [1.807, 2.05) is 32.0 Å². The lowest BCUT2D eigenvalue weighted by atomic mass is 10.1. The molecule has 2 atom stereocenters. The Balaban J connectivity index is 2.08. The quantitative estimate of drug-likeness (QED) is 0.907. The highest BCUT2D eigenvalue weighted by Crippen LogP contribution is 2.19. The van der Waals surface area contributed by atoms with Crippen LogP contribution in [-0.4, -0.2) is 4.98 Å². The molecule has 19 heavy (non-hydrogen) atoms. The van der Waals surface area contributed by atoms with Crippen LogP contribution in [0.15, 0.2) is 42.6 Å². The van der Waals surface area contributed by atoms with Gasteiger partial charge in [-0.05, 0) is 43.7 Å². The van der Waals surface area contributed by atoms with Crippen LogP contribution in [0, 0.1) is 11.6 Å². The maximum absolute atomic E-state index is 13.2. The Morgan fingerprint density at radius 1 is 1.00 bits per heavy atom. The molecule has 0 bridgehead atoms. The van der Waals surface area contributed by atoms with Crippen molar-refractivity contribution < 1.29 is 8.78 Å². The summed E-state index contributed by atoms with van der Waals surface area (Å²) in [7, 11) is 0. The van der Waals surface area contributed by atoms with Crippen molar-refractivity contribution in [3.05, 3.63) is 65.5 Å². The fourth-order valence-corrected chi connectivity index (χ4v) is 1.97. The first-order valence-electron chi connectivity index (χ1n) is 6.20. The minimum atomic E-state index is -0.825. The molecule has 1 aromatic heterocycles. The topological polar surface area (TPSA) is 24.9 Å². The van der Waals surface area contributed by atoms with E-state index >= 15 is 0 Å². The first-order chi connectivity index (χ1) is 9.08. The lowest BCUT2D eigenvalue weighted by Crippen LogP contribution is -2.23. The lowest BCUT2D eigenvalue weighted by Gasteiger charge is -2.20. The molecular weight excluding hydrogens is 246 g/mol. The van der Waals surface area contributed by atoms with Gasteiger partial charge in [0, 0.05) is 18.3 Å². The Bertz CT molecular complexity index is 543. The average Bonchev–Trinajstić information content (AvgIpc) is 2.42. The molecule has 2 rings (SSSR count). The van der Waals surface area contributed by atoms with E-state index in [1.54, 1.807) is 12.3 Å². The van der Waals surface area contributed by atoms with E-state index in [2.05, 4.69) is 10.3 Å². The summed E-state index contributed by atoms with van der Waals surface area (Å²) >= 11 is 0. The Labute approximate surface area is 111 Å². The zero-order chi connectivity index (χ0) is 13.8. The van der Waals surface area contributed by atoms with Gasteiger partial charge in [-0.25, -0.2) is 8.78 Å². The predicted molar refractivity (Wildman–Crippen MR) is 70.6 cm³/mol. The Kier molecular flexibility index (Phi) is 4.22. The number of rotatable bonds is 4. The molecule has 0 aliphatic rings. The van der Waals surface area contributed by atoms with Gasteiger partial charge in [0.25, 0.3) is 0 Å². The molecule has 1 N–H and O–H groups in total. The molecule has 0 radical (unpaired) electrons. The number of hydrogen-bond donors (Lipinski definition) is 1. The molecule has 1 unspecified atom stereocenters. The number of pyridine rings is 1. The van der Waals surface area contributed by atoms with E-state index in [0.717, 1.165) is 11.8 Å². The van der Waals surface area contributed by atoms with Crippen molar-refractivity contribution in [3.8, 4) is 0 Å². The fraction of sp³-hybridized carbons (Fsp3) is 0.267. The smallest absolute Gasteiger partial charge is 0.159 e. The molecule has 0 saturated carbocycles. The van der Waals surface area contributed by atoms with Crippen molar-refractivity contribution in [1.82, 2.24) is 10.3 Å². The molecule has 0 saturated heterocycles. The van der Waals surface area contributed by atoms with E-state index < -0.39 is 11.6 Å². The summed E-state index contributed by atoms with van der Waals surface area (Å²) in [5, 5.41) is 3.31. The number of nitrogens with one attached hydrogen (secondary N) is 1. The normalized spacial score (nSPS) is 14.1. The Morgan fingerprint density at radius 3 is 2.42 bits per heavy atom. The van der Waals surface area contributed by atoms with Crippen LogP contribution in [0.1, 0.15) is 37.2 Å². The van der Waals surface area contributed by atoms with Crippen LogP contribution in [-0.2, 0) is 0 Å². The number of halogens is 2. The van der Waals surface area contributed by atoms with Gasteiger partial charge in [0.2, 0.25) is 0 Å². The maximum atomic E-state index is 13.2. The van der Waals surface area contributed by atoms with Gasteiger partial charge in [-0.1, -0.05) is 12.1 Å². The summed E-state index contributed by atoms with van der Waals surface area (Å²) in [5.41, 5.74) is 1.62. The van der Waals surface area contributed by atoms with Gasteiger partial charge in [0.15, 0.2) is 11.6 Å². The first kappa shape index (κ1) is 13.6. The summed E-state index contributed by atoms with van der Waals surface area (Å²) < 4.78 is 26.1.